The van der Waals surface area contributed by atoms with E-state index in [0.717, 1.165) is 17.1 Å². The fourth-order valence-electron chi connectivity index (χ4n) is 3.18. The average Bonchev–Trinajstić information content (AvgIpc) is 3.15. The molecule has 174 valence electrons. The van der Waals surface area contributed by atoms with Crippen LogP contribution in [0.2, 0.25) is 10.0 Å². The van der Waals surface area contributed by atoms with Crippen LogP contribution in [0.3, 0.4) is 0 Å². The maximum atomic E-state index is 13.1. The number of ketones is 1. The van der Waals surface area contributed by atoms with Crippen LogP contribution in [-0.4, -0.2) is 47.1 Å². The van der Waals surface area contributed by atoms with E-state index >= 15 is 0 Å². The molecule has 11 heteroatoms. The first-order valence-electron chi connectivity index (χ1n) is 9.82. The Bertz CT molecular complexity index is 1080. The number of halogens is 4. The van der Waals surface area contributed by atoms with Crippen LogP contribution in [0.4, 0.5) is 4.39 Å². The molecule has 1 aliphatic rings. The van der Waals surface area contributed by atoms with E-state index in [1.165, 1.54) is 30.3 Å². The first-order valence-corrected chi connectivity index (χ1v) is 11.1. The lowest BCUT2D eigenvalue weighted by molar-refractivity contribution is -0.151. The molecule has 0 aromatic heterocycles. The van der Waals surface area contributed by atoms with Gasteiger partial charge in [-0.1, -0.05) is 23.2 Å². The molecular formula is C22H18Cl3FN2O5. The minimum Gasteiger partial charge on any atom is -0.454 e. The predicted molar refractivity (Wildman–Crippen MR) is 120 cm³/mol. The minimum absolute atomic E-state index is 0.0420. The molecule has 0 radical (unpaired) electrons. The van der Waals surface area contributed by atoms with Crippen molar-refractivity contribution in [2.75, 3.05) is 12.4 Å². The number of carbonyl (C=O) groups is 4. The minimum atomic E-state index is -1.18. The number of hydrazine groups is 1. The molecule has 7 nitrogen and oxygen atoms in total. The summed E-state index contributed by atoms with van der Waals surface area (Å²) in [6, 6.07) is 9.04. The number of esters is 1. The van der Waals surface area contributed by atoms with E-state index in [1.807, 2.05) is 0 Å². The molecule has 1 fully saturated rings. The van der Waals surface area contributed by atoms with Crippen LogP contribution in [0.5, 0.6) is 0 Å². The standard InChI is InChI=1S/C22H18Cl3FN2O5/c23-8-7-18(20(30)12-1-4-15(26)5-2-12)33-22(32)14-10-19(29)28(11-14)27-21(31)13-3-6-16(24)17(25)9-13/h1-6,9,14,18H,7-8,10-11H2,(H,27,31)/t14-,18+/m1/s1. The summed E-state index contributed by atoms with van der Waals surface area (Å²) in [7, 11) is 0. The van der Waals surface area contributed by atoms with Crippen LogP contribution >= 0.6 is 34.8 Å². The molecule has 2 aromatic carbocycles. The van der Waals surface area contributed by atoms with Crippen molar-refractivity contribution in [2.45, 2.75) is 18.9 Å². The predicted octanol–water partition coefficient (Wildman–Crippen LogP) is 4.05. The summed E-state index contributed by atoms with van der Waals surface area (Å²) in [6.45, 7) is -0.136. The highest BCUT2D eigenvalue weighted by Crippen LogP contribution is 2.24. The van der Waals surface area contributed by atoms with Crippen molar-refractivity contribution in [1.82, 2.24) is 10.4 Å². The Kier molecular flexibility index (Phi) is 8.29. The number of Topliss-reactive ketones (excluding diaryl/α,β-unsaturated/α-hetero) is 1. The zero-order chi connectivity index (χ0) is 24.1. The Morgan fingerprint density at radius 3 is 2.39 bits per heavy atom. The number of hydrogen-bond donors (Lipinski definition) is 1. The number of alkyl halides is 1. The lowest BCUT2D eigenvalue weighted by atomic mass is 10.0. The Hall–Kier alpha value is -2.68. The Balaban J connectivity index is 1.63. The monoisotopic (exact) mass is 514 g/mol. The van der Waals surface area contributed by atoms with Gasteiger partial charge in [0.25, 0.3) is 5.91 Å². The molecule has 0 saturated carbocycles. The maximum Gasteiger partial charge on any atom is 0.312 e. The highest BCUT2D eigenvalue weighted by molar-refractivity contribution is 6.42. The van der Waals surface area contributed by atoms with E-state index in [4.69, 9.17) is 39.5 Å². The third kappa shape index (κ3) is 6.22. The van der Waals surface area contributed by atoms with Gasteiger partial charge in [0.2, 0.25) is 11.7 Å². The number of rotatable bonds is 8. The molecule has 2 aromatic rings. The molecule has 0 bridgehead atoms. The number of benzene rings is 2. The number of nitrogens with zero attached hydrogens (tertiary/aromatic N) is 1. The fraction of sp³-hybridized carbons (Fsp3) is 0.273. The summed E-state index contributed by atoms with van der Waals surface area (Å²) in [4.78, 5) is 50.0. The maximum absolute atomic E-state index is 13.1. The summed E-state index contributed by atoms with van der Waals surface area (Å²) < 4.78 is 18.5. The topological polar surface area (TPSA) is 92.8 Å². The van der Waals surface area contributed by atoms with Crippen LogP contribution in [0.1, 0.15) is 33.6 Å². The quantitative estimate of drug-likeness (QED) is 0.325. The van der Waals surface area contributed by atoms with Gasteiger partial charge in [-0.2, -0.15) is 0 Å². The number of hydrogen-bond acceptors (Lipinski definition) is 5. The third-order valence-electron chi connectivity index (χ3n) is 4.93. The lowest BCUT2D eigenvalue weighted by Gasteiger charge is -2.20. The smallest absolute Gasteiger partial charge is 0.312 e. The van der Waals surface area contributed by atoms with Gasteiger partial charge < -0.3 is 4.74 Å². The summed E-state index contributed by atoms with van der Waals surface area (Å²) in [5.41, 5.74) is 2.76. The largest absolute Gasteiger partial charge is 0.454 e. The van der Waals surface area contributed by atoms with E-state index in [0.29, 0.717) is 0 Å². The van der Waals surface area contributed by atoms with E-state index in [-0.39, 0.29) is 46.4 Å². The summed E-state index contributed by atoms with van der Waals surface area (Å²) in [5, 5.41) is 1.46. The fourth-order valence-corrected chi connectivity index (χ4v) is 3.67. The molecule has 1 saturated heterocycles. The highest BCUT2D eigenvalue weighted by atomic mass is 35.5. The summed E-state index contributed by atoms with van der Waals surface area (Å²) in [6.07, 6.45) is -1.35. The van der Waals surface area contributed by atoms with Gasteiger partial charge in [0, 0.05) is 29.8 Å². The number of ether oxygens (including phenoxy) is 1. The van der Waals surface area contributed by atoms with Crippen molar-refractivity contribution in [2.24, 2.45) is 5.92 Å². The molecule has 1 heterocycles. The van der Waals surface area contributed by atoms with E-state index in [2.05, 4.69) is 5.43 Å². The van der Waals surface area contributed by atoms with Gasteiger partial charge in [0.1, 0.15) is 5.82 Å². The number of amides is 2. The molecule has 1 aliphatic heterocycles. The van der Waals surface area contributed by atoms with Crippen molar-refractivity contribution < 1.29 is 28.3 Å². The Morgan fingerprint density at radius 2 is 1.76 bits per heavy atom. The molecule has 2 amide bonds. The first kappa shape index (κ1) is 25.0. The van der Waals surface area contributed by atoms with E-state index < -0.39 is 41.4 Å². The van der Waals surface area contributed by atoms with Crippen molar-refractivity contribution >= 4 is 58.4 Å². The van der Waals surface area contributed by atoms with Crippen LogP contribution in [0.25, 0.3) is 0 Å². The zero-order valence-electron chi connectivity index (χ0n) is 17.0. The normalized spacial score (nSPS) is 16.4. The average molecular weight is 516 g/mol. The molecule has 0 spiro atoms. The molecule has 1 N–H and O–H groups in total. The van der Waals surface area contributed by atoms with Gasteiger partial charge in [-0.15, -0.1) is 11.6 Å². The second kappa shape index (κ2) is 11.0. The van der Waals surface area contributed by atoms with Crippen molar-refractivity contribution in [1.29, 1.82) is 0 Å². The van der Waals surface area contributed by atoms with E-state index in [1.54, 1.807) is 0 Å². The second-order valence-electron chi connectivity index (χ2n) is 7.25. The van der Waals surface area contributed by atoms with Crippen LogP contribution in [0.15, 0.2) is 42.5 Å². The van der Waals surface area contributed by atoms with Crippen molar-refractivity contribution in [3.8, 4) is 0 Å². The van der Waals surface area contributed by atoms with E-state index in [9.17, 15) is 23.6 Å². The Morgan fingerprint density at radius 1 is 1.09 bits per heavy atom. The molecule has 2 atom stereocenters. The van der Waals surface area contributed by atoms with Crippen molar-refractivity contribution in [3.63, 3.8) is 0 Å². The molecule has 0 unspecified atom stereocenters. The molecule has 3 rings (SSSR count). The molecule has 33 heavy (non-hydrogen) atoms. The van der Waals surface area contributed by atoms with Gasteiger partial charge in [-0.3, -0.25) is 29.6 Å². The van der Waals surface area contributed by atoms with Crippen LogP contribution < -0.4 is 5.43 Å². The SMILES string of the molecule is O=C(NN1C[C@H](C(=O)O[C@@H](CCCl)C(=O)c2ccc(F)cc2)CC1=O)c1ccc(Cl)c(Cl)c1. The van der Waals surface area contributed by atoms with Gasteiger partial charge in [0.05, 0.1) is 22.5 Å². The first-order chi connectivity index (χ1) is 15.7. The van der Waals surface area contributed by atoms with Crippen LogP contribution in [0, 0.1) is 11.7 Å². The lowest BCUT2D eigenvalue weighted by Crippen LogP contribution is -2.43. The van der Waals surface area contributed by atoms with Crippen molar-refractivity contribution in [3.05, 3.63) is 69.5 Å². The number of carbonyl (C=O) groups excluding carboxylic acids is 4. The van der Waals surface area contributed by atoms with Gasteiger partial charge in [-0.25, -0.2) is 4.39 Å². The Labute approximate surface area is 203 Å². The van der Waals surface area contributed by atoms with Gasteiger partial charge in [0.15, 0.2) is 6.10 Å². The number of nitrogens with one attached hydrogen (secondary N) is 1. The third-order valence-corrected chi connectivity index (χ3v) is 5.88. The molecular weight excluding hydrogens is 498 g/mol. The molecule has 0 aliphatic carbocycles. The van der Waals surface area contributed by atoms with Crippen LogP contribution in [-0.2, 0) is 14.3 Å². The van der Waals surface area contributed by atoms with Gasteiger partial charge >= 0.3 is 5.97 Å². The summed E-state index contributed by atoms with van der Waals surface area (Å²) >= 11 is 17.5. The second-order valence-corrected chi connectivity index (χ2v) is 8.44. The zero-order valence-corrected chi connectivity index (χ0v) is 19.3. The highest BCUT2D eigenvalue weighted by Gasteiger charge is 2.38. The van der Waals surface area contributed by atoms with Gasteiger partial charge in [-0.05, 0) is 42.5 Å². The summed E-state index contributed by atoms with van der Waals surface area (Å²) in [5.74, 6) is -3.78.